The molecule has 2 N–H and O–H groups in total. The van der Waals surface area contributed by atoms with E-state index in [0.717, 1.165) is 29.4 Å². The number of hydrogen-bond donors (Lipinski definition) is 2. The summed E-state index contributed by atoms with van der Waals surface area (Å²) < 4.78 is 1.10. The zero-order valence-corrected chi connectivity index (χ0v) is 16.8. The summed E-state index contributed by atoms with van der Waals surface area (Å²) in [6, 6.07) is 8.47. The molecule has 0 aliphatic heterocycles. The van der Waals surface area contributed by atoms with Gasteiger partial charge >= 0.3 is 0 Å². The van der Waals surface area contributed by atoms with Crippen molar-refractivity contribution < 1.29 is 4.79 Å². The van der Waals surface area contributed by atoms with Gasteiger partial charge < -0.3 is 15.5 Å². The molecule has 136 valence electrons. The van der Waals surface area contributed by atoms with Gasteiger partial charge in [-0.3, -0.25) is 4.79 Å². The fraction of sp³-hybridized carbons (Fsp3) is 0.474. The van der Waals surface area contributed by atoms with Crippen molar-refractivity contribution in [3.63, 3.8) is 0 Å². The molecule has 1 amide bonds. The molecule has 1 aliphatic rings. The van der Waals surface area contributed by atoms with Gasteiger partial charge in [-0.25, -0.2) is 4.99 Å². The number of halogens is 1. The van der Waals surface area contributed by atoms with Crippen LogP contribution in [0.2, 0.25) is 0 Å². The number of carbonyl (C=O) groups is 1. The SMILES string of the molecule is C=C(C)CNC(=NCC(=O)N(C)C)NCC1(c2cccc(Br)c2)CC1. The quantitative estimate of drug-likeness (QED) is 0.415. The maximum atomic E-state index is 11.8. The minimum Gasteiger partial charge on any atom is -0.355 e. The van der Waals surface area contributed by atoms with Gasteiger partial charge in [0.15, 0.2) is 5.96 Å². The molecule has 0 radical (unpaired) electrons. The van der Waals surface area contributed by atoms with Crippen molar-refractivity contribution in [2.45, 2.75) is 25.2 Å². The van der Waals surface area contributed by atoms with E-state index in [1.165, 1.54) is 5.56 Å². The molecule has 1 aromatic rings. The lowest BCUT2D eigenvalue weighted by Crippen LogP contribution is -2.42. The third-order valence-electron chi connectivity index (χ3n) is 4.31. The fourth-order valence-electron chi connectivity index (χ4n) is 2.49. The monoisotopic (exact) mass is 406 g/mol. The van der Waals surface area contributed by atoms with Gasteiger partial charge in [0.25, 0.3) is 0 Å². The number of aliphatic imine (C=N–C) groups is 1. The summed E-state index contributed by atoms with van der Waals surface area (Å²) in [6.07, 6.45) is 2.31. The van der Waals surface area contributed by atoms with Crippen LogP contribution in [-0.2, 0) is 10.2 Å². The van der Waals surface area contributed by atoms with E-state index in [4.69, 9.17) is 0 Å². The molecule has 0 atom stereocenters. The molecule has 2 rings (SSSR count). The molecule has 0 bridgehead atoms. The third-order valence-corrected chi connectivity index (χ3v) is 4.81. The first kappa shape index (κ1) is 19.5. The lowest BCUT2D eigenvalue weighted by molar-refractivity contribution is -0.127. The number of guanidine groups is 1. The van der Waals surface area contributed by atoms with Crippen molar-refractivity contribution in [2.75, 3.05) is 33.7 Å². The number of nitrogens with one attached hydrogen (secondary N) is 2. The van der Waals surface area contributed by atoms with E-state index < -0.39 is 0 Å². The first-order valence-corrected chi connectivity index (χ1v) is 9.24. The van der Waals surface area contributed by atoms with Gasteiger partial charge in [-0.1, -0.05) is 40.2 Å². The van der Waals surface area contributed by atoms with Gasteiger partial charge in [0.1, 0.15) is 6.54 Å². The lowest BCUT2D eigenvalue weighted by atomic mass is 9.96. The highest BCUT2D eigenvalue weighted by Gasteiger charge is 2.44. The minimum absolute atomic E-state index is 0.0236. The maximum absolute atomic E-state index is 11.8. The molecule has 0 saturated heterocycles. The Bertz CT molecular complexity index is 665. The molecule has 1 saturated carbocycles. The molecular formula is C19H27BrN4O. The second-order valence-electron chi connectivity index (χ2n) is 6.91. The van der Waals surface area contributed by atoms with Crippen LogP contribution in [-0.4, -0.2) is 50.5 Å². The van der Waals surface area contributed by atoms with Crippen molar-refractivity contribution >= 4 is 27.8 Å². The van der Waals surface area contributed by atoms with E-state index in [2.05, 4.69) is 56.3 Å². The predicted octanol–water partition coefficient (Wildman–Crippen LogP) is 2.68. The summed E-state index contributed by atoms with van der Waals surface area (Å²) in [4.78, 5) is 17.8. The van der Waals surface area contributed by atoms with Gasteiger partial charge in [-0.2, -0.15) is 0 Å². The van der Waals surface area contributed by atoms with Crippen molar-refractivity contribution in [1.29, 1.82) is 0 Å². The minimum atomic E-state index is -0.0236. The molecule has 0 heterocycles. The highest BCUT2D eigenvalue weighted by molar-refractivity contribution is 9.10. The number of nitrogens with zero attached hydrogens (tertiary/aromatic N) is 2. The van der Waals surface area contributed by atoms with Crippen molar-refractivity contribution in [3.8, 4) is 0 Å². The zero-order valence-electron chi connectivity index (χ0n) is 15.2. The van der Waals surface area contributed by atoms with Crippen LogP contribution in [0.5, 0.6) is 0 Å². The highest BCUT2D eigenvalue weighted by Crippen LogP contribution is 2.48. The van der Waals surface area contributed by atoms with Gasteiger partial charge in [0.2, 0.25) is 5.91 Å². The number of hydrogen-bond acceptors (Lipinski definition) is 2. The maximum Gasteiger partial charge on any atom is 0.243 e. The summed E-state index contributed by atoms with van der Waals surface area (Å²) in [5, 5.41) is 6.64. The molecular weight excluding hydrogens is 380 g/mol. The molecule has 25 heavy (non-hydrogen) atoms. The molecule has 5 nitrogen and oxygen atoms in total. The van der Waals surface area contributed by atoms with Crippen LogP contribution >= 0.6 is 15.9 Å². The fourth-order valence-corrected chi connectivity index (χ4v) is 2.89. The Kier molecular flexibility index (Phi) is 6.64. The summed E-state index contributed by atoms with van der Waals surface area (Å²) >= 11 is 3.55. The Labute approximate surface area is 158 Å². The Morgan fingerprint density at radius 2 is 2.08 bits per heavy atom. The number of rotatable bonds is 7. The van der Waals surface area contributed by atoms with Crippen molar-refractivity contribution in [1.82, 2.24) is 15.5 Å². The van der Waals surface area contributed by atoms with E-state index >= 15 is 0 Å². The topological polar surface area (TPSA) is 56.7 Å². The largest absolute Gasteiger partial charge is 0.355 e. The summed E-state index contributed by atoms with van der Waals surface area (Å²) in [5.41, 5.74) is 2.50. The lowest BCUT2D eigenvalue weighted by Gasteiger charge is -2.20. The Hall–Kier alpha value is -1.82. The van der Waals surface area contributed by atoms with Gasteiger partial charge in [0, 0.05) is 37.1 Å². The number of carbonyl (C=O) groups excluding carboxylic acids is 1. The van der Waals surface area contributed by atoms with Crippen LogP contribution in [0.25, 0.3) is 0 Å². The van der Waals surface area contributed by atoms with Crippen LogP contribution in [0.3, 0.4) is 0 Å². The molecule has 6 heteroatoms. The number of benzene rings is 1. The van der Waals surface area contributed by atoms with Crippen LogP contribution in [0, 0.1) is 0 Å². The van der Waals surface area contributed by atoms with Gasteiger partial charge in [0.05, 0.1) is 0 Å². The average molecular weight is 407 g/mol. The molecule has 0 spiro atoms. The second kappa shape index (κ2) is 8.52. The first-order valence-electron chi connectivity index (χ1n) is 8.45. The number of likely N-dealkylation sites (N-methyl/N-ethyl adjacent to an activating group) is 1. The van der Waals surface area contributed by atoms with E-state index in [1.54, 1.807) is 19.0 Å². The third kappa shape index (κ3) is 5.88. The standard InChI is InChI=1S/C19H27BrN4O/c1-14(2)11-21-18(22-12-17(25)24(3)4)23-13-19(8-9-19)15-6-5-7-16(20)10-15/h5-7,10H,1,8-9,11-13H2,2-4H3,(H2,21,22,23). The molecule has 1 fully saturated rings. The van der Waals surface area contributed by atoms with E-state index in [1.807, 2.05) is 13.0 Å². The summed E-state index contributed by atoms with van der Waals surface area (Å²) in [5.74, 6) is 0.629. The van der Waals surface area contributed by atoms with Gasteiger partial charge in [-0.15, -0.1) is 0 Å². The van der Waals surface area contributed by atoms with Crippen molar-refractivity contribution in [3.05, 3.63) is 46.5 Å². The molecule has 0 aromatic heterocycles. The average Bonchev–Trinajstić information content (AvgIpc) is 3.34. The molecule has 1 aromatic carbocycles. The van der Waals surface area contributed by atoms with Crippen LogP contribution in [0.15, 0.2) is 45.9 Å². The smallest absolute Gasteiger partial charge is 0.243 e. The van der Waals surface area contributed by atoms with Crippen molar-refractivity contribution in [2.24, 2.45) is 4.99 Å². The van der Waals surface area contributed by atoms with E-state index in [9.17, 15) is 4.79 Å². The van der Waals surface area contributed by atoms with Crippen LogP contribution in [0.1, 0.15) is 25.3 Å². The zero-order chi connectivity index (χ0) is 18.4. The molecule has 0 unspecified atom stereocenters. The van der Waals surface area contributed by atoms with Crippen LogP contribution in [0.4, 0.5) is 0 Å². The first-order chi connectivity index (χ1) is 11.8. The predicted molar refractivity (Wildman–Crippen MR) is 107 cm³/mol. The Morgan fingerprint density at radius 1 is 1.36 bits per heavy atom. The van der Waals surface area contributed by atoms with Crippen LogP contribution < -0.4 is 10.6 Å². The highest BCUT2D eigenvalue weighted by atomic mass is 79.9. The normalized spacial score (nSPS) is 15.4. The summed E-state index contributed by atoms with van der Waals surface area (Å²) in [7, 11) is 3.47. The van der Waals surface area contributed by atoms with E-state index in [-0.39, 0.29) is 17.9 Å². The Morgan fingerprint density at radius 3 is 2.64 bits per heavy atom. The van der Waals surface area contributed by atoms with E-state index in [0.29, 0.717) is 12.5 Å². The Balaban J connectivity index is 2.02. The number of amides is 1. The van der Waals surface area contributed by atoms with Gasteiger partial charge in [-0.05, 0) is 37.5 Å². The molecule has 1 aliphatic carbocycles. The second-order valence-corrected chi connectivity index (χ2v) is 7.82. The summed E-state index contributed by atoms with van der Waals surface area (Å²) in [6.45, 7) is 7.41.